The van der Waals surface area contributed by atoms with Crippen LogP contribution in [0, 0.1) is 0 Å². The SMILES string of the molecule is COC(=O)C(Br)CNCCCNS(C)(=O)=O. The summed E-state index contributed by atoms with van der Waals surface area (Å²) in [4.78, 5) is 10.6. The minimum atomic E-state index is -3.11. The van der Waals surface area contributed by atoms with Crippen molar-refractivity contribution in [2.75, 3.05) is 33.0 Å². The van der Waals surface area contributed by atoms with Crippen LogP contribution in [-0.2, 0) is 19.6 Å². The zero-order valence-electron chi connectivity index (χ0n) is 9.32. The highest BCUT2D eigenvalue weighted by atomic mass is 79.9. The van der Waals surface area contributed by atoms with Crippen LogP contribution in [0.25, 0.3) is 0 Å². The third-order valence-electron chi connectivity index (χ3n) is 1.68. The van der Waals surface area contributed by atoms with Crippen molar-refractivity contribution in [3.63, 3.8) is 0 Å². The predicted octanol–water partition coefficient (Wildman–Crippen LogP) is -0.548. The minimum absolute atomic E-state index is 0.332. The van der Waals surface area contributed by atoms with Crippen molar-refractivity contribution in [1.29, 1.82) is 0 Å². The Morgan fingerprint density at radius 3 is 2.56 bits per heavy atom. The number of ether oxygens (including phenoxy) is 1. The summed E-state index contributed by atoms with van der Waals surface area (Å²) in [7, 11) is -1.78. The minimum Gasteiger partial charge on any atom is -0.468 e. The lowest BCUT2D eigenvalue weighted by Crippen LogP contribution is -2.32. The second-order valence-corrected chi connectivity index (χ2v) is 6.15. The number of esters is 1. The van der Waals surface area contributed by atoms with Crippen molar-refractivity contribution in [3.05, 3.63) is 0 Å². The molecule has 6 nitrogen and oxygen atoms in total. The first-order valence-corrected chi connectivity index (χ1v) is 7.55. The monoisotopic (exact) mass is 316 g/mol. The molecule has 0 aliphatic rings. The number of halogens is 1. The van der Waals surface area contributed by atoms with Crippen LogP contribution in [0.3, 0.4) is 0 Å². The number of hydrogen-bond acceptors (Lipinski definition) is 5. The van der Waals surface area contributed by atoms with Gasteiger partial charge < -0.3 is 10.1 Å². The van der Waals surface area contributed by atoms with Crippen LogP contribution < -0.4 is 10.0 Å². The maximum Gasteiger partial charge on any atom is 0.320 e. The summed E-state index contributed by atoms with van der Waals surface area (Å²) >= 11 is 3.16. The van der Waals surface area contributed by atoms with E-state index in [0.29, 0.717) is 26.1 Å². The fourth-order valence-electron chi connectivity index (χ4n) is 0.911. The summed E-state index contributed by atoms with van der Waals surface area (Å²) in [6, 6.07) is 0. The van der Waals surface area contributed by atoms with Gasteiger partial charge in [-0.3, -0.25) is 4.79 Å². The zero-order chi connectivity index (χ0) is 12.6. The number of hydrogen-bond donors (Lipinski definition) is 2. The van der Waals surface area contributed by atoms with E-state index in [1.54, 1.807) is 0 Å². The van der Waals surface area contributed by atoms with E-state index in [1.165, 1.54) is 7.11 Å². The number of methoxy groups -OCH3 is 1. The molecule has 1 unspecified atom stereocenters. The molecular weight excluding hydrogens is 300 g/mol. The number of carbonyl (C=O) groups is 1. The molecule has 0 bridgehead atoms. The first-order valence-electron chi connectivity index (χ1n) is 4.74. The maximum atomic E-state index is 11.0. The molecule has 8 heteroatoms. The van der Waals surface area contributed by atoms with Crippen LogP contribution in [0.15, 0.2) is 0 Å². The van der Waals surface area contributed by atoms with E-state index in [9.17, 15) is 13.2 Å². The van der Waals surface area contributed by atoms with Gasteiger partial charge in [-0.05, 0) is 13.0 Å². The van der Waals surface area contributed by atoms with Gasteiger partial charge in [-0.2, -0.15) is 0 Å². The smallest absolute Gasteiger partial charge is 0.320 e. The van der Waals surface area contributed by atoms with Crippen LogP contribution in [-0.4, -0.2) is 52.2 Å². The first-order chi connectivity index (χ1) is 7.37. The molecule has 0 saturated carbocycles. The molecule has 96 valence electrons. The summed E-state index contributed by atoms with van der Waals surface area (Å²) in [6.45, 7) is 1.46. The molecule has 0 fully saturated rings. The summed E-state index contributed by atoms with van der Waals surface area (Å²) < 4.78 is 28.3. The number of sulfonamides is 1. The van der Waals surface area contributed by atoms with Crippen molar-refractivity contribution in [2.24, 2.45) is 0 Å². The van der Waals surface area contributed by atoms with Gasteiger partial charge in [0.1, 0.15) is 4.83 Å². The normalized spacial score (nSPS) is 13.4. The lowest BCUT2D eigenvalue weighted by atomic mass is 10.4. The van der Waals surface area contributed by atoms with Crippen molar-refractivity contribution >= 4 is 31.9 Å². The van der Waals surface area contributed by atoms with E-state index < -0.39 is 10.0 Å². The van der Waals surface area contributed by atoms with Crippen molar-refractivity contribution in [2.45, 2.75) is 11.2 Å². The van der Waals surface area contributed by atoms with Gasteiger partial charge in [0, 0.05) is 13.1 Å². The van der Waals surface area contributed by atoms with Gasteiger partial charge in [-0.25, -0.2) is 13.1 Å². The highest BCUT2D eigenvalue weighted by molar-refractivity contribution is 9.10. The molecule has 16 heavy (non-hydrogen) atoms. The molecule has 0 aliphatic carbocycles. The molecule has 0 rings (SSSR count). The highest BCUT2D eigenvalue weighted by Crippen LogP contribution is 1.99. The Bertz CT molecular complexity index is 307. The van der Waals surface area contributed by atoms with Crippen molar-refractivity contribution in [1.82, 2.24) is 10.0 Å². The zero-order valence-corrected chi connectivity index (χ0v) is 11.7. The van der Waals surface area contributed by atoms with Crippen LogP contribution in [0.2, 0.25) is 0 Å². The molecule has 0 saturated heterocycles. The number of rotatable bonds is 8. The van der Waals surface area contributed by atoms with Gasteiger partial charge in [0.2, 0.25) is 10.0 Å². The lowest BCUT2D eigenvalue weighted by molar-refractivity contribution is -0.139. The summed E-state index contributed by atoms with van der Waals surface area (Å²) in [5.41, 5.74) is 0. The second kappa shape index (κ2) is 7.99. The van der Waals surface area contributed by atoms with Crippen LogP contribution in [0.4, 0.5) is 0 Å². The second-order valence-electron chi connectivity index (χ2n) is 3.21. The van der Waals surface area contributed by atoms with Crippen molar-refractivity contribution in [3.8, 4) is 0 Å². The Kier molecular flexibility index (Phi) is 7.90. The fraction of sp³-hybridized carbons (Fsp3) is 0.875. The average Bonchev–Trinajstić information content (AvgIpc) is 2.20. The summed E-state index contributed by atoms with van der Waals surface area (Å²) in [5.74, 6) is -0.332. The molecule has 1 atom stereocenters. The largest absolute Gasteiger partial charge is 0.468 e. The standard InChI is InChI=1S/C8H17BrN2O4S/c1-15-8(12)7(9)6-10-4-3-5-11-16(2,13)14/h7,10-11H,3-6H2,1-2H3. The van der Waals surface area contributed by atoms with E-state index in [-0.39, 0.29) is 10.8 Å². The van der Waals surface area contributed by atoms with Crippen LogP contribution in [0.1, 0.15) is 6.42 Å². The Balaban J connectivity index is 3.44. The van der Waals surface area contributed by atoms with Gasteiger partial charge in [-0.15, -0.1) is 0 Å². The Morgan fingerprint density at radius 2 is 2.06 bits per heavy atom. The number of carbonyl (C=O) groups excluding carboxylic acids is 1. The molecule has 0 spiro atoms. The molecular formula is C8H17BrN2O4S. The van der Waals surface area contributed by atoms with Gasteiger partial charge in [0.15, 0.2) is 0 Å². The molecule has 2 N–H and O–H groups in total. The van der Waals surface area contributed by atoms with Crippen molar-refractivity contribution < 1.29 is 17.9 Å². The third kappa shape index (κ3) is 9.08. The Hall–Kier alpha value is -0.180. The Labute approximate surface area is 104 Å². The predicted molar refractivity (Wildman–Crippen MR) is 65.1 cm³/mol. The molecule has 0 radical (unpaired) electrons. The summed E-state index contributed by atoms with van der Waals surface area (Å²) in [5, 5.41) is 3.00. The summed E-state index contributed by atoms with van der Waals surface area (Å²) in [6.07, 6.45) is 1.78. The molecule has 0 heterocycles. The Morgan fingerprint density at radius 1 is 1.44 bits per heavy atom. The fourth-order valence-corrected chi connectivity index (χ4v) is 1.84. The lowest BCUT2D eigenvalue weighted by Gasteiger charge is -2.08. The molecule has 0 aromatic rings. The highest BCUT2D eigenvalue weighted by Gasteiger charge is 2.13. The molecule has 0 aromatic heterocycles. The first kappa shape index (κ1) is 15.8. The van der Waals surface area contributed by atoms with Crippen LogP contribution in [0.5, 0.6) is 0 Å². The van der Waals surface area contributed by atoms with E-state index in [0.717, 1.165) is 6.26 Å². The maximum absolute atomic E-state index is 11.0. The van der Waals surface area contributed by atoms with Gasteiger partial charge in [0.25, 0.3) is 0 Å². The van der Waals surface area contributed by atoms with Gasteiger partial charge in [0.05, 0.1) is 13.4 Å². The van der Waals surface area contributed by atoms with E-state index in [4.69, 9.17) is 0 Å². The quantitative estimate of drug-likeness (QED) is 0.357. The van der Waals surface area contributed by atoms with E-state index in [2.05, 4.69) is 30.7 Å². The molecule has 0 aromatic carbocycles. The van der Waals surface area contributed by atoms with E-state index in [1.807, 2.05) is 0 Å². The molecule has 0 amide bonds. The van der Waals surface area contributed by atoms with Crippen LogP contribution >= 0.6 is 15.9 Å². The number of alkyl halides is 1. The molecule has 0 aliphatic heterocycles. The van der Waals surface area contributed by atoms with Gasteiger partial charge in [-0.1, -0.05) is 15.9 Å². The third-order valence-corrected chi connectivity index (χ3v) is 3.10. The number of nitrogens with one attached hydrogen (secondary N) is 2. The average molecular weight is 317 g/mol. The topological polar surface area (TPSA) is 84.5 Å². The van der Waals surface area contributed by atoms with Gasteiger partial charge >= 0.3 is 5.97 Å². The van der Waals surface area contributed by atoms with E-state index >= 15 is 0 Å².